The first-order valence-electron chi connectivity index (χ1n) is 6.40. The number of nitrogens with two attached hydrogens (primary N) is 1. The number of hydrogen-bond donors (Lipinski definition) is 3. The third kappa shape index (κ3) is 4.49. The fourth-order valence-corrected chi connectivity index (χ4v) is 2.28. The summed E-state index contributed by atoms with van der Waals surface area (Å²) in [7, 11) is 0. The highest BCUT2D eigenvalue weighted by molar-refractivity contribution is 5.78. The number of likely N-dealkylation sites (N-methyl/N-ethyl adjacent to an activating group) is 1. The number of carbonyl (C=O) groups is 1. The molecule has 1 aliphatic rings. The highest BCUT2D eigenvalue weighted by Crippen LogP contribution is 2.22. The molecule has 1 amide bonds. The normalized spacial score (nSPS) is 27.4. The van der Waals surface area contributed by atoms with E-state index in [1.54, 1.807) is 0 Å². The van der Waals surface area contributed by atoms with E-state index in [1.165, 1.54) is 0 Å². The summed E-state index contributed by atoms with van der Waals surface area (Å²) in [6.07, 6.45) is 4.00. The van der Waals surface area contributed by atoms with Crippen LogP contribution in [0.4, 0.5) is 0 Å². The van der Waals surface area contributed by atoms with Crippen LogP contribution < -0.4 is 16.4 Å². The zero-order valence-corrected chi connectivity index (χ0v) is 10.5. The molecule has 4 nitrogen and oxygen atoms in total. The maximum Gasteiger partial charge on any atom is 0.223 e. The van der Waals surface area contributed by atoms with Crippen molar-refractivity contribution >= 4 is 5.91 Å². The maximum atomic E-state index is 11.9. The fourth-order valence-electron chi connectivity index (χ4n) is 2.28. The average Bonchev–Trinajstić information content (AvgIpc) is 2.26. The second kappa shape index (κ2) is 6.86. The average molecular weight is 227 g/mol. The summed E-state index contributed by atoms with van der Waals surface area (Å²) in [6.45, 7) is 5.79. The number of rotatable bonds is 5. The highest BCUT2D eigenvalue weighted by Gasteiger charge is 2.25. The van der Waals surface area contributed by atoms with Gasteiger partial charge in [-0.1, -0.05) is 13.3 Å². The van der Waals surface area contributed by atoms with Crippen molar-refractivity contribution in [3.63, 3.8) is 0 Å². The van der Waals surface area contributed by atoms with Gasteiger partial charge in [0.05, 0.1) is 0 Å². The van der Waals surface area contributed by atoms with Gasteiger partial charge < -0.3 is 16.4 Å². The van der Waals surface area contributed by atoms with Gasteiger partial charge in [-0.05, 0) is 32.7 Å². The van der Waals surface area contributed by atoms with Crippen LogP contribution in [0.15, 0.2) is 0 Å². The van der Waals surface area contributed by atoms with Crippen LogP contribution in [0, 0.1) is 5.92 Å². The van der Waals surface area contributed by atoms with Gasteiger partial charge in [-0.3, -0.25) is 4.79 Å². The lowest BCUT2D eigenvalue weighted by Crippen LogP contribution is -2.43. The molecule has 4 N–H and O–H groups in total. The van der Waals surface area contributed by atoms with Crippen LogP contribution in [0.25, 0.3) is 0 Å². The minimum absolute atomic E-state index is 0.137. The van der Waals surface area contributed by atoms with Gasteiger partial charge in [0.25, 0.3) is 0 Å². The molecule has 0 bridgehead atoms. The van der Waals surface area contributed by atoms with E-state index in [-0.39, 0.29) is 17.9 Å². The van der Waals surface area contributed by atoms with Gasteiger partial charge in [0, 0.05) is 24.5 Å². The molecular weight excluding hydrogens is 202 g/mol. The smallest absolute Gasteiger partial charge is 0.223 e. The SMILES string of the molecule is CCN[C@H](C)CNC(=O)C1CCCC(N)C1. The quantitative estimate of drug-likeness (QED) is 0.645. The number of amides is 1. The van der Waals surface area contributed by atoms with Gasteiger partial charge >= 0.3 is 0 Å². The molecule has 16 heavy (non-hydrogen) atoms. The van der Waals surface area contributed by atoms with Crippen molar-refractivity contribution < 1.29 is 4.79 Å². The summed E-state index contributed by atoms with van der Waals surface area (Å²) in [5.74, 6) is 0.317. The van der Waals surface area contributed by atoms with Crippen molar-refractivity contribution in [1.82, 2.24) is 10.6 Å². The molecule has 0 aromatic rings. The van der Waals surface area contributed by atoms with Gasteiger partial charge in [0.1, 0.15) is 0 Å². The van der Waals surface area contributed by atoms with Crippen molar-refractivity contribution in [2.75, 3.05) is 13.1 Å². The summed E-state index contributed by atoms with van der Waals surface area (Å²) in [6, 6.07) is 0.557. The molecule has 0 aliphatic heterocycles. The van der Waals surface area contributed by atoms with Crippen LogP contribution >= 0.6 is 0 Å². The molecule has 0 radical (unpaired) electrons. The Labute approximate surface area is 98.3 Å². The van der Waals surface area contributed by atoms with Gasteiger partial charge in [0.2, 0.25) is 5.91 Å². The lowest BCUT2D eigenvalue weighted by molar-refractivity contribution is -0.126. The second-order valence-electron chi connectivity index (χ2n) is 4.83. The van der Waals surface area contributed by atoms with E-state index in [2.05, 4.69) is 24.5 Å². The molecule has 3 atom stereocenters. The lowest BCUT2D eigenvalue weighted by Gasteiger charge is -2.26. The van der Waals surface area contributed by atoms with Crippen molar-refractivity contribution in [3.8, 4) is 0 Å². The maximum absolute atomic E-state index is 11.9. The molecule has 0 aromatic carbocycles. The third-order valence-electron chi connectivity index (χ3n) is 3.22. The van der Waals surface area contributed by atoms with E-state index in [0.29, 0.717) is 12.6 Å². The fraction of sp³-hybridized carbons (Fsp3) is 0.917. The molecule has 2 unspecified atom stereocenters. The van der Waals surface area contributed by atoms with Crippen LogP contribution in [0.1, 0.15) is 39.5 Å². The Morgan fingerprint density at radius 3 is 2.88 bits per heavy atom. The molecule has 0 aromatic heterocycles. The van der Waals surface area contributed by atoms with E-state index in [4.69, 9.17) is 5.73 Å². The Kier molecular flexibility index (Phi) is 5.77. The lowest BCUT2D eigenvalue weighted by atomic mass is 9.85. The predicted octanol–water partition coefficient (Wildman–Crippen LogP) is 0.618. The van der Waals surface area contributed by atoms with E-state index in [0.717, 1.165) is 32.2 Å². The van der Waals surface area contributed by atoms with E-state index < -0.39 is 0 Å². The minimum atomic E-state index is 0.137. The summed E-state index contributed by atoms with van der Waals surface area (Å²) in [4.78, 5) is 11.9. The molecule has 1 fully saturated rings. The van der Waals surface area contributed by atoms with Crippen molar-refractivity contribution in [1.29, 1.82) is 0 Å². The Morgan fingerprint density at radius 2 is 2.25 bits per heavy atom. The van der Waals surface area contributed by atoms with Crippen molar-refractivity contribution in [2.24, 2.45) is 11.7 Å². The van der Waals surface area contributed by atoms with Crippen LogP contribution in [0.2, 0.25) is 0 Å². The van der Waals surface area contributed by atoms with E-state index >= 15 is 0 Å². The zero-order valence-electron chi connectivity index (χ0n) is 10.5. The molecule has 0 heterocycles. The molecule has 1 saturated carbocycles. The first kappa shape index (κ1) is 13.5. The Hall–Kier alpha value is -0.610. The number of nitrogens with one attached hydrogen (secondary N) is 2. The summed E-state index contributed by atoms with van der Waals surface area (Å²) >= 11 is 0. The van der Waals surface area contributed by atoms with Crippen LogP contribution in [-0.4, -0.2) is 31.1 Å². The van der Waals surface area contributed by atoms with Crippen molar-refractivity contribution in [2.45, 2.75) is 51.6 Å². The van der Waals surface area contributed by atoms with Crippen molar-refractivity contribution in [3.05, 3.63) is 0 Å². The van der Waals surface area contributed by atoms with E-state index in [1.807, 2.05) is 0 Å². The minimum Gasteiger partial charge on any atom is -0.354 e. The predicted molar refractivity (Wildman–Crippen MR) is 66.1 cm³/mol. The highest BCUT2D eigenvalue weighted by atomic mass is 16.1. The second-order valence-corrected chi connectivity index (χ2v) is 4.83. The first-order chi connectivity index (χ1) is 7.63. The molecule has 1 rings (SSSR count). The Balaban J connectivity index is 2.23. The molecule has 4 heteroatoms. The van der Waals surface area contributed by atoms with Crippen LogP contribution in [0.5, 0.6) is 0 Å². The van der Waals surface area contributed by atoms with E-state index in [9.17, 15) is 4.79 Å². The first-order valence-corrected chi connectivity index (χ1v) is 6.40. The Bertz CT molecular complexity index is 220. The standard InChI is InChI=1S/C12H25N3O/c1-3-14-9(2)8-15-12(16)10-5-4-6-11(13)7-10/h9-11,14H,3-8,13H2,1-2H3,(H,15,16)/t9-,10?,11?/m1/s1. The number of carbonyl (C=O) groups excluding carboxylic acids is 1. The molecular formula is C12H25N3O. The van der Waals surface area contributed by atoms with Gasteiger partial charge in [-0.15, -0.1) is 0 Å². The van der Waals surface area contributed by atoms with Gasteiger partial charge in [-0.25, -0.2) is 0 Å². The largest absolute Gasteiger partial charge is 0.354 e. The third-order valence-corrected chi connectivity index (χ3v) is 3.22. The molecule has 94 valence electrons. The summed E-state index contributed by atoms with van der Waals surface area (Å²) in [5, 5.41) is 6.27. The summed E-state index contributed by atoms with van der Waals surface area (Å²) < 4.78 is 0. The van der Waals surface area contributed by atoms with Gasteiger partial charge in [0.15, 0.2) is 0 Å². The monoisotopic (exact) mass is 227 g/mol. The number of hydrogen-bond acceptors (Lipinski definition) is 3. The van der Waals surface area contributed by atoms with Gasteiger partial charge in [-0.2, -0.15) is 0 Å². The molecule has 1 aliphatic carbocycles. The topological polar surface area (TPSA) is 67.1 Å². The molecule has 0 spiro atoms. The zero-order chi connectivity index (χ0) is 12.0. The Morgan fingerprint density at radius 1 is 1.50 bits per heavy atom. The molecule has 0 saturated heterocycles. The van der Waals surface area contributed by atoms with Crippen LogP contribution in [-0.2, 0) is 4.79 Å². The van der Waals surface area contributed by atoms with Crippen LogP contribution in [0.3, 0.4) is 0 Å². The summed E-state index contributed by atoms with van der Waals surface area (Å²) in [5.41, 5.74) is 5.87.